The van der Waals surface area contributed by atoms with E-state index in [2.05, 4.69) is 5.32 Å². The van der Waals surface area contributed by atoms with E-state index >= 15 is 0 Å². The quantitative estimate of drug-likeness (QED) is 0.131. The van der Waals surface area contributed by atoms with Gasteiger partial charge in [-0.2, -0.15) is 8.42 Å². The first kappa shape index (κ1) is 23.5. The van der Waals surface area contributed by atoms with E-state index in [1.54, 1.807) is 6.07 Å². The van der Waals surface area contributed by atoms with Gasteiger partial charge in [0.15, 0.2) is 0 Å². The molecule has 0 aliphatic carbocycles. The number of para-hydroxylation sites is 2. The minimum absolute atomic E-state index is 0. The first-order chi connectivity index (χ1) is 14.4. The van der Waals surface area contributed by atoms with Gasteiger partial charge in [-0.1, -0.05) is 36.4 Å². The summed E-state index contributed by atoms with van der Waals surface area (Å²) < 4.78 is 35.8. The van der Waals surface area contributed by atoms with Gasteiger partial charge in [-0.25, -0.2) is 4.98 Å². The van der Waals surface area contributed by atoms with Crippen molar-refractivity contribution in [1.82, 2.24) is 4.98 Å². The van der Waals surface area contributed by atoms with Crippen molar-refractivity contribution in [3.05, 3.63) is 72.3 Å². The zero-order valence-electron chi connectivity index (χ0n) is 16.1. The predicted molar refractivity (Wildman–Crippen MR) is 127 cm³/mol. The third kappa shape index (κ3) is 5.94. The van der Waals surface area contributed by atoms with Gasteiger partial charge in [0.05, 0.1) is 35.7 Å². The van der Waals surface area contributed by atoms with Crippen molar-refractivity contribution in [3.8, 4) is 0 Å². The van der Waals surface area contributed by atoms with Crippen LogP contribution in [0.3, 0.4) is 0 Å². The number of pyridine rings is 1. The van der Waals surface area contributed by atoms with Crippen LogP contribution in [0.2, 0.25) is 0 Å². The number of hydrogen-bond donors (Lipinski definition) is 3. The van der Waals surface area contributed by atoms with Gasteiger partial charge in [0.1, 0.15) is 0 Å². The molecular formula is C22H22N3NaO4S. The molecule has 9 heteroatoms. The van der Waals surface area contributed by atoms with E-state index in [-0.39, 0.29) is 42.8 Å². The normalized spacial score (nSPS) is 11.4. The van der Waals surface area contributed by atoms with E-state index in [9.17, 15) is 8.42 Å². The van der Waals surface area contributed by atoms with Crippen LogP contribution in [0.4, 0.5) is 17.1 Å². The van der Waals surface area contributed by atoms with Crippen molar-refractivity contribution in [1.29, 1.82) is 0 Å². The molecule has 0 atom stereocenters. The summed E-state index contributed by atoms with van der Waals surface area (Å²) in [6.45, 7) is 0.0725. The summed E-state index contributed by atoms with van der Waals surface area (Å²) in [5.74, 6) is -0.449. The predicted octanol–water partition coefficient (Wildman–Crippen LogP) is 3.47. The molecule has 0 amide bonds. The number of nitrogens with two attached hydrogens (primary N) is 1. The molecule has 0 bridgehead atoms. The molecule has 31 heavy (non-hydrogen) atoms. The first-order valence-electron chi connectivity index (χ1n) is 9.36. The van der Waals surface area contributed by atoms with Crippen LogP contribution in [-0.4, -0.2) is 59.9 Å². The van der Waals surface area contributed by atoms with E-state index in [4.69, 9.17) is 20.0 Å². The topological polar surface area (TPSA) is 115 Å². The second-order valence-electron chi connectivity index (χ2n) is 6.95. The Morgan fingerprint density at radius 3 is 2.19 bits per heavy atom. The third-order valence-electron chi connectivity index (χ3n) is 4.63. The van der Waals surface area contributed by atoms with E-state index in [0.29, 0.717) is 5.69 Å². The molecule has 7 nitrogen and oxygen atoms in total. The summed E-state index contributed by atoms with van der Waals surface area (Å²) in [4.78, 5) is 4.73. The van der Waals surface area contributed by atoms with Gasteiger partial charge in [0.2, 0.25) is 0 Å². The van der Waals surface area contributed by atoms with E-state index < -0.39 is 15.9 Å². The van der Waals surface area contributed by atoms with Gasteiger partial charge < -0.3 is 15.8 Å². The molecule has 4 aromatic rings. The Labute approximate surface area is 202 Å². The van der Waals surface area contributed by atoms with Gasteiger partial charge in [-0.05, 0) is 35.9 Å². The van der Waals surface area contributed by atoms with Crippen molar-refractivity contribution in [3.63, 3.8) is 0 Å². The molecule has 0 unspecified atom stereocenters. The number of aromatic nitrogens is 1. The van der Waals surface area contributed by atoms with Gasteiger partial charge in [0, 0.05) is 22.1 Å². The van der Waals surface area contributed by atoms with Crippen LogP contribution in [-0.2, 0) is 21.5 Å². The van der Waals surface area contributed by atoms with Gasteiger partial charge in [-0.15, -0.1) is 0 Å². The molecule has 1 heterocycles. The molecule has 0 fully saturated rings. The first-order valence-corrected chi connectivity index (χ1v) is 11.0. The number of nitrogen functional groups attached to an aromatic ring is 1. The van der Waals surface area contributed by atoms with E-state index in [1.807, 2.05) is 60.7 Å². The Hall–Kier alpha value is -2.20. The molecule has 0 aliphatic rings. The van der Waals surface area contributed by atoms with E-state index in [0.717, 1.165) is 38.7 Å². The fourth-order valence-electron chi connectivity index (χ4n) is 3.35. The van der Waals surface area contributed by atoms with Crippen LogP contribution in [0.5, 0.6) is 0 Å². The molecule has 0 saturated carbocycles. The molecule has 0 spiro atoms. The zero-order chi connectivity index (χ0) is 21.1. The summed E-state index contributed by atoms with van der Waals surface area (Å²) in [6.07, 6.45) is 0. The van der Waals surface area contributed by atoms with Crippen LogP contribution in [0.1, 0.15) is 5.56 Å². The third-order valence-corrected chi connectivity index (χ3v) is 5.31. The molecule has 0 radical (unpaired) electrons. The van der Waals surface area contributed by atoms with Crippen molar-refractivity contribution < 1.29 is 17.7 Å². The van der Waals surface area contributed by atoms with Gasteiger partial charge in [0.25, 0.3) is 10.1 Å². The van der Waals surface area contributed by atoms with Gasteiger partial charge >= 0.3 is 29.6 Å². The number of benzene rings is 3. The summed E-state index contributed by atoms with van der Waals surface area (Å²) in [7, 11) is -4.05. The van der Waals surface area contributed by atoms with E-state index in [1.165, 1.54) is 0 Å². The van der Waals surface area contributed by atoms with Crippen LogP contribution < -0.4 is 11.1 Å². The summed E-state index contributed by atoms with van der Waals surface area (Å²) in [5.41, 5.74) is 10.9. The monoisotopic (exact) mass is 447 g/mol. The van der Waals surface area contributed by atoms with Crippen molar-refractivity contribution in [2.75, 3.05) is 23.4 Å². The molecular weight excluding hydrogens is 425 g/mol. The number of rotatable bonds is 7. The SMILES string of the molecule is Nc1cc(COCCS(=O)(=O)O)cc(Nc2c3ccccc3nc3ccccc23)c1.[NaH]. The summed E-state index contributed by atoms with van der Waals surface area (Å²) in [6, 6.07) is 21.3. The Morgan fingerprint density at radius 2 is 1.58 bits per heavy atom. The molecule has 4 N–H and O–H groups in total. The Kier molecular flexibility index (Phi) is 7.53. The molecule has 156 valence electrons. The van der Waals surface area contributed by atoms with Crippen molar-refractivity contribution >= 4 is 78.5 Å². The minimum atomic E-state index is -4.05. The standard InChI is InChI=1S/C22H21N3O4S.Na.H/c23-16-11-15(14-29-9-10-30(26,27)28)12-17(13-16)24-22-18-5-1-3-7-20(18)25-21-8-4-2-6-19(21)22;;/h1-8,11-13H,9-10,14,23H2,(H,24,25)(H,26,27,28);;. The number of hydrogen-bond acceptors (Lipinski definition) is 6. The summed E-state index contributed by atoms with van der Waals surface area (Å²) >= 11 is 0. The number of nitrogens with zero attached hydrogens (tertiary/aromatic N) is 1. The number of anilines is 3. The Bertz CT molecular complexity index is 1280. The van der Waals surface area contributed by atoms with Gasteiger partial charge in [-0.3, -0.25) is 4.55 Å². The second kappa shape index (κ2) is 9.95. The number of fused-ring (bicyclic) bond motifs is 2. The van der Waals surface area contributed by atoms with Crippen molar-refractivity contribution in [2.45, 2.75) is 6.61 Å². The Morgan fingerprint density at radius 1 is 0.968 bits per heavy atom. The molecule has 3 aromatic carbocycles. The maximum absolute atomic E-state index is 10.8. The summed E-state index contributed by atoms with van der Waals surface area (Å²) in [5, 5.41) is 5.46. The number of ether oxygens (including phenoxy) is 1. The fourth-order valence-corrected chi connectivity index (χ4v) is 3.68. The molecule has 0 saturated heterocycles. The second-order valence-corrected chi connectivity index (χ2v) is 8.52. The number of nitrogens with one attached hydrogen (secondary N) is 1. The van der Waals surface area contributed by atoms with Crippen LogP contribution in [0.15, 0.2) is 66.7 Å². The maximum atomic E-state index is 10.8. The van der Waals surface area contributed by atoms with Crippen LogP contribution in [0.25, 0.3) is 21.8 Å². The van der Waals surface area contributed by atoms with Crippen molar-refractivity contribution in [2.24, 2.45) is 0 Å². The molecule has 0 aliphatic heterocycles. The molecule has 1 aromatic heterocycles. The van der Waals surface area contributed by atoms with Crippen LogP contribution in [0, 0.1) is 0 Å². The fraction of sp³-hybridized carbons (Fsp3) is 0.136. The Balaban J connectivity index is 0.00000272. The average molecular weight is 447 g/mol. The average Bonchev–Trinajstić information content (AvgIpc) is 2.70. The van der Waals surface area contributed by atoms with Crippen LogP contribution >= 0.6 is 0 Å². The molecule has 4 rings (SSSR count). The zero-order valence-corrected chi connectivity index (χ0v) is 16.9.